The molecule has 62 valence electrons. The van der Waals surface area contributed by atoms with E-state index in [4.69, 9.17) is 15.3 Å². The molecule has 0 spiro atoms. The fraction of sp³-hybridized carbons (Fsp3) is 0.667. The number of hydrogen-bond acceptors (Lipinski definition) is 5. The van der Waals surface area contributed by atoms with Gasteiger partial charge in [-0.1, -0.05) is 0 Å². The third kappa shape index (κ3) is 1.18. The molecule has 5 heteroatoms. The fourth-order valence-corrected chi connectivity index (χ4v) is 0.939. The summed E-state index contributed by atoms with van der Waals surface area (Å²) in [7, 11) is 0. The molecule has 3 N–H and O–H groups in total. The van der Waals surface area contributed by atoms with Gasteiger partial charge in [0.05, 0.1) is 0 Å². The number of carbonyl (C=O) groups is 2. The second kappa shape index (κ2) is 2.37. The molecule has 0 aromatic rings. The van der Waals surface area contributed by atoms with Gasteiger partial charge in [-0.15, -0.1) is 0 Å². The van der Waals surface area contributed by atoms with Crippen molar-refractivity contribution in [3.05, 3.63) is 0 Å². The van der Waals surface area contributed by atoms with Crippen LogP contribution in [0, 0.1) is 0 Å². The summed E-state index contributed by atoms with van der Waals surface area (Å²) in [6.45, 7) is 0. The van der Waals surface area contributed by atoms with Crippen LogP contribution < -0.4 is 0 Å². The highest BCUT2D eigenvalue weighted by atomic mass is 16.5. The lowest BCUT2D eigenvalue weighted by Crippen LogP contribution is -2.55. The summed E-state index contributed by atoms with van der Waals surface area (Å²) in [5, 5.41) is 26.5. The molecule has 1 unspecified atom stereocenters. The monoisotopic (exact) mass is 160 g/mol. The summed E-state index contributed by atoms with van der Waals surface area (Å²) in [5.74, 6) is -5.04. The Bertz CT molecular complexity index is 207. The zero-order valence-corrected chi connectivity index (χ0v) is 5.65. The van der Waals surface area contributed by atoms with E-state index in [0.29, 0.717) is 0 Å². The summed E-state index contributed by atoms with van der Waals surface area (Å²) in [5.41, 5.74) is 0. The molecule has 0 amide bonds. The number of carbonyl (C=O) groups excluding carboxylic acids is 2. The molecule has 1 rings (SSSR count). The first-order chi connectivity index (χ1) is 4.96. The molecule has 0 aliphatic heterocycles. The molecule has 1 aliphatic rings. The van der Waals surface area contributed by atoms with Crippen LogP contribution in [0.25, 0.3) is 0 Å². The molecule has 0 bridgehead atoms. The molecule has 5 nitrogen and oxygen atoms in total. The van der Waals surface area contributed by atoms with Crippen molar-refractivity contribution < 1.29 is 24.9 Å². The summed E-state index contributed by atoms with van der Waals surface area (Å²) in [4.78, 5) is 21.2. The van der Waals surface area contributed by atoms with E-state index in [1.165, 1.54) is 0 Å². The first kappa shape index (κ1) is 8.32. The summed E-state index contributed by atoms with van der Waals surface area (Å²) >= 11 is 0. The SMILES string of the molecule is O=C1CCC(O)C(O)(O)C1=O. The fourth-order valence-electron chi connectivity index (χ4n) is 0.939. The maximum atomic E-state index is 10.6. The van der Waals surface area contributed by atoms with Crippen LogP contribution in [0.1, 0.15) is 12.8 Å². The van der Waals surface area contributed by atoms with Crippen molar-refractivity contribution in [1.29, 1.82) is 0 Å². The van der Waals surface area contributed by atoms with E-state index in [1.807, 2.05) is 0 Å². The van der Waals surface area contributed by atoms with Gasteiger partial charge in [0.15, 0.2) is 0 Å². The lowest BCUT2D eigenvalue weighted by molar-refractivity contribution is -0.224. The molecule has 0 saturated heterocycles. The third-order valence-corrected chi connectivity index (χ3v) is 1.70. The number of hydrogen-bond donors (Lipinski definition) is 3. The van der Waals surface area contributed by atoms with Gasteiger partial charge in [0.1, 0.15) is 6.10 Å². The lowest BCUT2D eigenvalue weighted by atomic mass is 9.89. The van der Waals surface area contributed by atoms with E-state index >= 15 is 0 Å². The van der Waals surface area contributed by atoms with Crippen LogP contribution in [0.5, 0.6) is 0 Å². The van der Waals surface area contributed by atoms with Crippen molar-refractivity contribution in [2.45, 2.75) is 24.7 Å². The highest BCUT2D eigenvalue weighted by Crippen LogP contribution is 2.20. The Kier molecular flexibility index (Phi) is 1.79. The Morgan fingerprint density at radius 2 is 1.91 bits per heavy atom. The van der Waals surface area contributed by atoms with Gasteiger partial charge in [0, 0.05) is 6.42 Å². The normalized spacial score (nSPS) is 30.6. The molecule has 0 heterocycles. The van der Waals surface area contributed by atoms with Crippen LogP contribution in [0.4, 0.5) is 0 Å². The predicted molar refractivity (Wildman–Crippen MR) is 32.4 cm³/mol. The Morgan fingerprint density at radius 3 is 2.36 bits per heavy atom. The van der Waals surface area contributed by atoms with E-state index in [1.54, 1.807) is 0 Å². The Morgan fingerprint density at radius 1 is 1.36 bits per heavy atom. The first-order valence-electron chi connectivity index (χ1n) is 3.16. The summed E-state index contributed by atoms with van der Waals surface area (Å²) in [6.07, 6.45) is -1.76. The zero-order chi connectivity index (χ0) is 8.65. The Labute approximate surface area is 62.3 Å². The quantitative estimate of drug-likeness (QED) is 0.280. The Balaban J connectivity index is 2.89. The first-order valence-corrected chi connectivity index (χ1v) is 3.16. The zero-order valence-electron chi connectivity index (χ0n) is 5.65. The van der Waals surface area contributed by atoms with Gasteiger partial charge in [-0.05, 0) is 6.42 Å². The molecule has 1 saturated carbocycles. The average molecular weight is 160 g/mol. The van der Waals surface area contributed by atoms with E-state index in [2.05, 4.69) is 0 Å². The minimum atomic E-state index is -2.87. The van der Waals surface area contributed by atoms with Gasteiger partial charge in [0.2, 0.25) is 5.78 Å². The molecule has 1 fully saturated rings. The predicted octanol–water partition coefficient (Wildman–Crippen LogP) is -2.04. The molecule has 11 heavy (non-hydrogen) atoms. The van der Waals surface area contributed by atoms with E-state index in [-0.39, 0.29) is 12.8 Å². The molecule has 0 aromatic heterocycles. The maximum absolute atomic E-state index is 10.6. The van der Waals surface area contributed by atoms with Gasteiger partial charge < -0.3 is 15.3 Å². The smallest absolute Gasteiger partial charge is 0.259 e. The maximum Gasteiger partial charge on any atom is 0.259 e. The highest BCUT2D eigenvalue weighted by molar-refractivity contribution is 6.40. The van der Waals surface area contributed by atoms with E-state index in [9.17, 15) is 9.59 Å². The third-order valence-electron chi connectivity index (χ3n) is 1.70. The van der Waals surface area contributed by atoms with Crippen LogP contribution in [-0.4, -0.2) is 38.8 Å². The van der Waals surface area contributed by atoms with Crippen LogP contribution in [-0.2, 0) is 9.59 Å². The standard InChI is InChI=1S/C6H8O5/c7-3-1-2-4(8)6(10,11)5(3)9/h4,8,10-11H,1-2H2. The van der Waals surface area contributed by atoms with Gasteiger partial charge in [-0.25, -0.2) is 0 Å². The van der Waals surface area contributed by atoms with Crippen LogP contribution in [0.15, 0.2) is 0 Å². The molecule has 0 aromatic carbocycles. The van der Waals surface area contributed by atoms with E-state index < -0.39 is 23.5 Å². The minimum Gasteiger partial charge on any atom is -0.387 e. The summed E-state index contributed by atoms with van der Waals surface area (Å²) in [6, 6.07) is 0. The van der Waals surface area contributed by atoms with Crippen LogP contribution >= 0.6 is 0 Å². The van der Waals surface area contributed by atoms with Crippen molar-refractivity contribution >= 4 is 11.6 Å². The van der Waals surface area contributed by atoms with Crippen LogP contribution in [0.3, 0.4) is 0 Å². The summed E-state index contributed by atoms with van der Waals surface area (Å²) < 4.78 is 0. The Hall–Kier alpha value is -0.780. The van der Waals surface area contributed by atoms with Gasteiger partial charge in [-0.2, -0.15) is 0 Å². The van der Waals surface area contributed by atoms with E-state index in [0.717, 1.165) is 0 Å². The average Bonchev–Trinajstić information content (AvgIpc) is 1.95. The van der Waals surface area contributed by atoms with Crippen molar-refractivity contribution in [3.63, 3.8) is 0 Å². The molecular weight excluding hydrogens is 152 g/mol. The lowest BCUT2D eigenvalue weighted by Gasteiger charge is -2.28. The largest absolute Gasteiger partial charge is 0.387 e. The van der Waals surface area contributed by atoms with Crippen molar-refractivity contribution in [2.24, 2.45) is 0 Å². The number of aliphatic hydroxyl groups excluding tert-OH is 1. The highest BCUT2D eigenvalue weighted by Gasteiger charge is 2.48. The number of rotatable bonds is 0. The number of aliphatic hydroxyl groups is 3. The van der Waals surface area contributed by atoms with Crippen molar-refractivity contribution in [2.75, 3.05) is 0 Å². The topological polar surface area (TPSA) is 94.8 Å². The van der Waals surface area contributed by atoms with Gasteiger partial charge in [-0.3, -0.25) is 9.59 Å². The van der Waals surface area contributed by atoms with Crippen LogP contribution in [0.2, 0.25) is 0 Å². The second-order valence-electron chi connectivity index (χ2n) is 2.53. The van der Waals surface area contributed by atoms with Gasteiger partial charge in [0.25, 0.3) is 11.6 Å². The minimum absolute atomic E-state index is 0.0857. The molecule has 1 atom stereocenters. The number of Topliss-reactive ketones (excluding diaryl/α,β-unsaturated/α-hetero) is 2. The molecule has 1 aliphatic carbocycles. The second-order valence-corrected chi connectivity index (χ2v) is 2.53. The molecular formula is C6H8O5. The van der Waals surface area contributed by atoms with Crippen molar-refractivity contribution in [1.82, 2.24) is 0 Å². The molecule has 0 radical (unpaired) electrons. The number of ketones is 2. The van der Waals surface area contributed by atoms with Gasteiger partial charge >= 0.3 is 0 Å². The van der Waals surface area contributed by atoms with Crippen molar-refractivity contribution in [3.8, 4) is 0 Å².